The molecule has 2 aliphatic heterocycles. The molecule has 0 bridgehead atoms. The van der Waals surface area contributed by atoms with Crippen molar-refractivity contribution in [2.45, 2.75) is 44.6 Å². The standard InChI is InChI=1S/C16H23N3O/c1-13-5-2-9-17-14(13)6-10-18-15(20)16-7-3-11-19(16)12-4-8-16/h2,5,9H,3-4,6-8,10-12H2,1H3,(H,18,20). The third-order valence-electron chi connectivity index (χ3n) is 4.83. The number of hydrogen-bond donors (Lipinski definition) is 1. The molecule has 2 fully saturated rings. The second-order valence-corrected chi connectivity index (χ2v) is 6.00. The third kappa shape index (κ3) is 2.33. The smallest absolute Gasteiger partial charge is 0.240 e. The summed E-state index contributed by atoms with van der Waals surface area (Å²) in [6.07, 6.45) is 7.01. The lowest BCUT2D eigenvalue weighted by Crippen LogP contribution is -2.52. The molecule has 2 saturated heterocycles. The van der Waals surface area contributed by atoms with Crippen molar-refractivity contribution in [3.63, 3.8) is 0 Å². The first-order chi connectivity index (χ1) is 9.72. The average Bonchev–Trinajstić information content (AvgIpc) is 3.01. The van der Waals surface area contributed by atoms with E-state index in [-0.39, 0.29) is 11.4 Å². The summed E-state index contributed by atoms with van der Waals surface area (Å²) in [5.41, 5.74) is 2.10. The van der Waals surface area contributed by atoms with Crippen molar-refractivity contribution < 1.29 is 4.79 Å². The Labute approximate surface area is 120 Å². The highest BCUT2D eigenvalue weighted by Gasteiger charge is 2.49. The van der Waals surface area contributed by atoms with Gasteiger partial charge in [0.1, 0.15) is 5.54 Å². The number of carbonyl (C=O) groups is 1. The van der Waals surface area contributed by atoms with Crippen molar-refractivity contribution in [2.24, 2.45) is 0 Å². The molecule has 1 aromatic rings. The fraction of sp³-hybridized carbons (Fsp3) is 0.625. The van der Waals surface area contributed by atoms with Crippen LogP contribution in [0.2, 0.25) is 0 Å². The van der Waals surface area contributed by atoms with Crippen LogP contribution < -0.4 is 5.32 Å². The molecular formula is C16H23N3O. The lowest BCUT2D eigenvalue weighted by atomic mass is 9.93. The molecule has 4 heteroatoms. The first-order valence-electron chi connectivity index (χ1n) is 7.66. The minimum absolute atomic E-state index is 0.181. The van der Waals surface area contributed by atoms with Gasteiger partial charge in [0.25, 0.3) is 0 Å². The van der Waals surface area contributed by atoms with Crippen LogP contribution in [-0.2, 0) is 11.2 Å². The highest BCUT2D eigenvalue weighted by Crippen LogP contribution is 2.38. The highest BCUT2D eigenvalue weighted by molar-refractivity contribution is 5.87. The van der Waals surface area contributed by atoms with E-state index >= 15 is 0 Å². The molecule has 0 aliphatic carbocycles. The van der Waals surface area contributed by atoms with Crippen molar-refractivity contribution in [3.8, 4) is 0 Å². The third-order valence-corrected chi connectivity index (χ3v) is 4.83. The van der Waals surface area contributed by atoms with Gasteiger partial charge < -0.3 is 5.32 Å². The zero-order valence-electron chi connectivity index (χ0n) is 12.2. The zero-order valence-corrected chi connectivity index (χ0v) is 12.2. The topological polar surface area (TPSA) is 45.2 Å². The molecule has 1 N–H and O–H groups in total. The number of nitrogens with zero attached hydrogens (tertiary/aromatic N) is 2. The number of pyridine rings is 1. The molecule has 2 aliphatic rings. The maximum Gasteiger partial charge on any atom is 0.240 e. The Hall–Kier alpha value is -1.42. The molecule has 0 unspecified atom stereocenters. The fourth-order valence-electron chi connectivity index (χ4n) is 3.72. The van der Waals surface area contributed by atoms with Gasteiger partial charge >= 0.3 is 0 Å². The number of hydrogen-bond acceptors (Lipinski definition) is 3. The van der Waals surface area contributed by atoms with Crippen molar-refractivity contribution in [1.82, 2.24) is 15.2 Å². The molecule has 0 aromatic carbocycles. The van der Waals surface area contributed by atoms with Crippen LogP contribution >= 0.6 is 0 Å². The van der Waals surface area contributed by atoms with Crippen LogP contribution in [0.4, 0.5) is 0 Å². The van der Waals surface area contributed by atoms with Crippen molar-refractivity contribution in [3.05, 3.63) is 29.6 Å². The number of rotatable bonds is 4. The Balaban J connectivity index is 1.56. The number of carbonyl (C=O) groups excluding carboxylic acids is 1. The highest BCUT2D eigenvalue weighted by atomic mass is 16.2. The molecule has 1 amide bonds. The molecule has 0 atom stereocenters. The van der Waals surface area contributed by atoms with Crippen LogP contribution in [0.1, 0.15) is 36.9 Å². The second kappa shape index (κ2) is 5.52. The summed E-state index contributed by atoms with van der Waals surface area (Å²) in [6, 6.07) is 4.02. The lowest BCUT2D eigenvalue weighted by molar-refractivity contribution is -0.130. The number of fused-ring (bicyclic) bond motifs is 1. The molecule has 4 nitrogen and oxygen atoms in total. The molecule has 0 spiro atoms. The van der Waals surface area contributed by atoms with Gasteiger partial charge in [-0.2, -0.15) is 0 Å². The van der Waals surface area contributed by atoms with Gasteiger partial charge in [0, 0.05) is 24.9 Å². The Bertz CT molecular complexity index is 490. The molecule has 108 valence electrons. The summed E-state index contributed by atoms with van der Waals surface area (Å²) in [6.45, 7) is 4.93. The van der Waals surface area contributed by atoms with Gasteiger partial charge in [0.05, 0.1) is 0 Å². The summed E-state index contributed by atoms with van der Waals surface area (Å²) in [5, 5.41) is 3.14. The van der Waals surface area contributed by atoms with Gasteiger partial charge in [-0.15, -0.1) is 0 Å². The molecular weight excluding hydrogens is 250 g/mol. The average molecular weight is 273 g/mol. The monoisotopic (exact) mass is 273 g/mol. The van der Waals surface area contributed by atoms with Crippen LogP contribution in [0, 0.1) is 6.92 Å². The van der Waals surface area contributed by atoms with Crippen LogP contribution in [0.5, 0.6) is 0 Å². The van der Waals surface area contributed by atoms with E-state index in [1.165, 1.54) is 5.56 Å². The summed E-state index contributed by atoms with van der Waals surface area (Å²) in [7, 11) is 0. The quantitative estimate of drug-likeness (QED) is 0.908. The lowest BCUT2D eigenvalue weighted by Gasteiger charge is -2.30. The first-order valence-corrected chi connectivity index (χ1v) is 7.66. The van der Waals surface area contributed by atoms with Crippen LogP contribution in [0.15, 0.2) is 18.3 Å². The van der Waals surface area contributed by atoms with Crippen molar-refractivity contribution in [1.29, 1.82) is 0 Å². The SMILES string of the molecule is Cc1cccnc1CCNC(=O)C12CCCN1CCC2. The van der Waals surface area contributed by atoms with Crippen LogP contribution in [-0.4, -0.2) is 41.0 Å². The maximum absolute atomic E-state index is 12.6. The first kappa shape index (κ1) is 13.6. The Morgan fingerprint density at radius 2 is 2.15 bits per heavy atom. The number of aromatic nitrogens is 1. The van der Waals surface area contributed by atoms with E-state index in [0.29, 0.717) is 6.54 Å². The number of nitrogens with one attached hydrogen (secondary N) is 1. The van der Waals surface area contributed by atoms with E-state index in [1.807, 2.05) is 12.3 Å². The van der Waals surface area contributed by atoms with Crippen molar-refractivity contribution in [2.75, 3.05) is 19.6 Å². The van der Waals surface area contributed by atoms with E-state index in [2.05, 4.69) is 28.2 Å². The minimum Gasteiger partial charge on any atom is -0.354 e. The molecule has 0 radical (unpaired) electrons. The van der Waals surface area contributed by atoms with E-state index in [0.717, 1.165) is 50.9 Å². The van der Waals surface area contributed by atoms with E-state index in [9.17, 15) is 4.79 Å². The summed E-state index contributed by atoms with van der Waals surface area (Å²) < 4.78 is 0. The van der Waals surface area contributed by atoms with E-state index < -0.39 is 0 Å². The molecule has 3 rings (SSSR count). The van der Waals surface area contributed by atoms with E-state index in [4.69, 9.17) is 0 Å². The van der Waals surface area contributed by atoms with Gasteiger partial charge in [-0.05, 0) is 57.3 Å². The maximum atomic E-state index is 12.6. The molecule has 20 heavy (non-hydrogen) atoms. The van der Waals surface area contributed by atoms with Gasteiger partial charge in [-0.1, -0.05) is 6.07 Å². The normalized spacial score (nSPS) is 20.9. The predicted octanol–water partition coefficient (Wildman–Crippen LogP) is 1.68. The molecule has 3 heterocycles. The van der Waals surface area contributed by atoms with E-state index in [1.54, 1.807) is 0 Å². The van der Waals surface area contributed by atoms with Crippen molar-refractivity contribution >= 4 is 5.91 Å². The number of amides is 1. The Morgan fingerprint density at radius 3 is 2.85 bits per heavy atom. The van der Waals surface area contributed by atoms with Gasteiger partial charge in [-0.25, -0.2) is 0 Å². The summed E-state index contributed by atoms with van der Waals surface area (Å²) >= 11 is 0. The van der Waals surface area contributed by atoms with Gasteiger partial charge in [0.2, 0.25) is 5.91 Å². The van der Waals surface area contributed by atoms with Crippen LogP contribution in [0.3, 0.4) is 0 Å². The van der Waals surface area contributed by atoms with Gasteiger partial charge in [0.15, 0.2) is 0 Å². The summed E-state index contributed by atoms with van der Waals surface area (Å²) in [5.74, 6) is 0.237. The molecule has 0 saturated carbocycles. The Kier molecular flexibility index (Phi) is 3.74. The summed E-state index contributed by atoms with van der Waals surface area (Å²) in [4.78, 5) is 19.3. The Morgan fingerprint density at radius 1 is 1.40 bits per heavy atom. The van der Waals surface area contributed by atoms with Crippen LogP contribution in [0.25, 0.3) is 0 Å². The largest absolute Gasteiger partial charge is 0.354 e. The number of aryl methyl sites for hydroxylation is 1. The zero-order chi connectivity index (χ0) is 14.0. The second-order valence-electron chi connectivity index (χ2n) is 6.00. The predicted molar refractivity (Wildman–Crippen MR) is 78.5 cm³/mol. The minimum atomic E-state index is -0.181. The van der Waals surface area contributed by atoms with Gasteiger partial charge in [-0.3, -0.25) is 14.7 Å². The molecule has 1 aromatic heterocycles. The fourth-order valence-corrected chi connectivity index (χ4v) is 3.72.